The molecule has 1 aliphatic heterocycles. The fraction of sp³-hybridized carbons (Fsp3) is 0.233. The van der Waals surface area contributed by atoms with E-state index >= 15 is 0 Å². The molecule has 4 heteroatoms. The third-order valence-electron chi connectivity index (χ3n) is 7.10. The van der Waals surface area contributed by atoms with Crippen molar-refractivity contribution in [3.8, 4) is 11.8 Å². The van der Waals surface area contributed by atoms with Gasteiger partial charge in [-0.3, -0.25) is 4.90 Å². The Morgan fingerprint density at radius 2 is 1.38 bits per heavy atom. The Labute approximate surface area is 201 Å². The van der Waals surface area contributed by atoms with Crippen LogP contribution in [0.2, 0.25) is 0 Å². The summed E-state index contributed by atoms with van der Waals surface area (Å²) >= 11 is 0. The average molecular weight is 448 g/mol. The molecular weight excluding hydrogens is 418 g/mol. The highest BCUT2D eigenvalue weighted by Crippen LogP contribution is 2.42. The van der Waals surface area contributed by atoms with Crippen molar-refractivity contribution in [3.63, 3.8) is 0 Å². The maximum Gasteiger partial charge on any atom is 0.117 e. The fourth-order valence-electron chi connectivity index (χ4n) is 5.25. The van der Waals surface area contributed by atoms with E-state index in [-0.39, 0.29) is 5.92 Å². The topological polar surface area (TPSA) is 52.2 Å². The Kier molecular flexibility index (Phi) is 6.31. The van der Waals surface area contributed by atoms with Crippen molar-refractivity contribution in [1.29, 1.82) is 5.26 Å². The molecule has 0 atom stereocenters. The van der Waals surface area contributed by atoms with E-state index in [2.05, 4.69) is 33.9 Å². The quantitative estimate of drug-likeness (QED) is 0.425. The lowest BCUT2D eigenvalue weighted by molar-refractivity contribution is -0.0154. The van der Waals surface area contributed by atoms with Gasteiger partial charge in [0.25, 0.3) is 0 Å². The molecule has 1 fully saturated rings. The number of piperidine rings is 1. The fourth-order valence-corrected chi connectivity index (χ4v) is 5.25. The van der Waals surface area contributed by atoms with Crippen LogP contribution in [0, 0.1) is 17.2 Å². The Morgan fingerprint density at radius 1 is 0.794 bits per heavy atom. The summed E-state index contributed by atoms with van der Waals surface area (Å²) in [6.45, 7) is 2.73. The number of hydrogen-bond donors (Lipinski definition) is 1. The molecule has 0 saturated carbocycles. The maximum atomic E-state index is 12.1. The average Bonchev–Trinajstić information content (AvgIpc) is 3.38. The van der Waals surface area contributed by atoms with Crippen LogP contribution in [0.25, 0.3) is 5.69 Å². The summed E-state index contributed by atoms with van der Waals surface area (Å²) in [4.78, 5) is 2.47. The molecule has 4 nitrogen and oxygen atoms in total. The van der Waals surface area contributed by atoms with Gasteiger partial charge in [0.05, 0.1) is 11.6 Å². The summed E-state index contributed by atoms with van der Waals surface area (Å²) in [5.41, 5.74) is 3.91. The number of rotatable bonds is 6. The van der Waals surface area contributed by atoms with Gasteiger partial charge in [-0.1, -0.05) is 60.7 Å². The molecule has 3 aromatic carbocycles. The second-order valence-corrected chi connectivity index (χ2v) is 9.08. The molecule has 1 aromatic heterocycles. The van der Waals surface area contributed by atoms with Gasteiger partial charge in [0.15, 0.2) is 0 Å². The molecule has 34 heavy (non-hydrogen) atoms. The van der Waals surface area contributed by atoms with Crippen molar-refractivity contribution in [2.24, 2.45) is 5.92 Å². The summed E-state index contributed by atoms with van der Waals surface area (Å²) in [5.74, 6) is 0.152. The molecule has 1 aliphatic rings. The van der Waals surface area contributed by atoms with Gasteiger partial charge in [-0.25, -0.2) is 0 Å². The van der Waals surface area contributed by atoms with Gasteiger partial charge in [-0.15, -0.1) is 0 Å². The van der Waals surface area contributed by atoms with E-state index < -0.39 is 5.60 Å². The number of nitrogens with zero attached hydrogens (tertiary/aromatic N) is 3. The van der Waals surface area contributed by atoms with Crippen LogP contribution in [0.1, 0.15) is 35.2 Å². The zero-order valence-corrected chi connectivity index (χ0v) is 19.2. The minimum Gasteiger partial charge on any atom is -0.380 e. The molecule has 1 saturated heterocycles. The standard InChI is InChI=1S/C30H29N3O/c31-22-24-13-15-28(16-14-24)33-19-7-12-29(33)23-32-20-17-27(18-21-32)30(34,25-8-3-1-4-9-25)26-10-5-2-6-11-26/h1-16,19,27,34H,17-18,20-21,23H2. The minimum atomic E-state index is -0.989. The zero-order valence-electron chi connectivity index (χ0n) is 19.2. The molecule has 5 rings (SSSR count). The van der Waals surface area contributed by atoms with Crippen LogP contribution >= 0.6 is 0 Å². The summed E-state index contributed by atoms with van der Waals surface area (Å²) in [5, 5.41) is 21.2. The summed E-state index contributed by atoms with van der Waals surface area (Å²) in [6.07, 6.45) is 3.93. The zero-order chi connectivity index (χ0) is 23.4. The van der Waals surface area contributed by atoms with E-state index in [0.717, 1.165) is 49.3 Å². The minimum absolute atomic E-state index is 0.152. The molecular formula is C30H29N3O. The van der Waals surface area contributed by atoms with Gasteiger partial charge >= 0.3 is 0 Å². The largest absolute Gasteiger partial charge is 0.380 e. The summed E-state index contributed by atoms with van der Waals surface area (Å²) in [6, 6.07) is 34.3. The van der Waals surface area contributed by atoms with E-state index in [1.54, 1.807) is 0 Å². The van der Waals surface area contributed by atoms with Crippen LogP contribution < -0.4 is 0 Å². The molecule has 0 bridgehead atoms. The number of aliphatic hydroxyl groups is 1. The van der Waals surface area contributed by atoms with Crippen molar-refractivity contribution >= 4 is 0 Å². The predicted octanol–water partition coefficient (Wildman–Crippen LogP) is 5.50. The van der Waals surface area contributed by atoms with Crippen LogP contribution in [0.3, 0.4) is 0 Å². The van der Waals surface area contributed by atoms with Crippen LogP contribution in [-0.4, -0.2) is 27.7 Å². The third-order valence-corrected chi connectivity index (χ3v) is 7.10. The Morgan fingerprint density at radius 3 is 1.94 bits per heavy atom. The molecule has 2 heterocycles. The number of aromatic nitrogens is 1. The lowest BCUT2D eigenvalue weighted by Crippen LogP contribution is -2.44. The van der Waals surface area contributed by atoms with Gasteiger partial charge in [0, 0.05) is 24.1 Å². The van der Waals surface area contributed by atoms with Crippen LogP contribution in [0.5, 0.6) is 0 Å². The number of likely N-dealkylation sites (tertiary alicyclic amines) is 1. The number of hydrogen-bond acceptors (Lipinski definition) is 3. The molecule has 170 valence electrons. The highest BCUT2D eigenvalue weighted by atomic mass is 16.3. The lowest BCUT2D eigenvalue weighted by atomic mass is 9.72. The Bertz CT molecular complexity index is 1210. The smallest absolute Gasteiger partial charge is 0.117 e. The molecule has 0 amide bonds. The SMILES string of the molecule is N#Cc1ccc(-n2cccc2CN2CCC(C(O)(c3ccccc3)c3ccccc3)CC2)cc1. The summed E-state index contributed by atoms with van der Waals surface area (Å²) < 4.78 is 2.19. The third kappa shape index (κ3) is 4.28. The van der Waals surface area contributed by atoms with Gasteiger partial charge in [0.2, 0.25) is 0 Å². The molecule has 0 spiro atoms. The van der Waals surface area contributed by atoms with Gasteiger partial charge in [-0.05, 0) is 79.4 Å². The first-order chi connectivity index (χ1) is 16.7. The van der Waals surface area contributed by atoms with Crippen molar-refractivity contribution in [2.75, 3.05) is 13.1 Å². The predicted molar refractivity (Wildman–Crippen MR) is 134 cm³/mol. The first kappa shape index (κ1) is 22.2. The van der Waals surface area contributed by atoms with Gasteiger partial charge in [0.1, 0.15) is 5.60 Å². The van der Waals surface area contributed by atoms with E-state index in [4.69, 9.17) is 5.26 Å². The molecule has 0 radical (unpaired) electrons. The van der Waals surface area contributed by atoms with Gasteiger partial charge < -0.3 is 9.67 Å². The van der Waals surface area contributed by atoms with E-state index in [0.29, 0.717) is 5.56 Å². The molecule has 0 aliphatic carbocycles. The monoisotopic (exact) mass is 447 g/mol. The Hall–Kier alpha value is -3.65. The van der Waals surface area contributed by atoms with Crippen molar-refractivity contribution < 1.29 is 5.11 Å². The van der Waals surface area contributed by atoms with Gasteiger partial charge in [-0.2, -0.15) is 5.26 Å². The Balaban J connectivity index is 1.32. The lowest BCUT2D eigenvalue weighted by Gasteiger charge is -2.42. The second-order valence-electron chi connectivity index (χ2n) is 9.08. The normalized spacial score (nSPS) is 15.2. The summed E-state index contributed by atoms with van der Waals surface area (Å²) in [7, 11) is 0. The van der Waals surface area contributed by atoms with Crippen LogP contribution in [-0.2, 0) is 12.1 Å². The highest BCUT2D eigenvalue weighted by Gasteiger charge is 2.41. The maximum absolute atomic E-state index is 12.1. The van der Waals surface area contributed by atoms with E-state index in [9.17, 15) is 5.11 Å². The highest BCUT2D eigenvalue weighted by molar-refractivity contribution is 5.41. The first-order valence-corrected chi connectivity index (χ1v) is 11.9. The first-order valence-electron chi connectivity index (χ1n) is 11.9. The van der Waals surface area contributed by atoms with Crippen molar-refractivity contribution in [3.05, 3.63) is 126 Å². The van der Waals surface area contributed by atoms with E-state index in [1.165, 1.54) is 5.69 Å². The van der Waals surface area contributed by atoms with Crippen LogP contribution in [0.4, 0.5) is 0 Å². The van der Waals surface area contributed by atoms with E-state index in [1.807, 2.05) is 84.9 Å². The number of benzene rings is 3. The molecule has 1 N–H and O–H groups in total. The molecule has 0 unspecified atom stereocenters. The van der Waals surface area contributed by atoms with Crippen molar-refractivity contribution in [2.45, 2.75) is 25.0 Å². The second kappa shape index (κ2) is 9.69. The molecule has 4 aromatic rings. The van der Waals surface area contributed by atoms with Crippen molar-refractivity contribution in [1.82, 2.24) is 9.47 Å². The van der Waals surface area contributed by atoms with Crippen LogP contribution in [0.15, 0.2) is 103 Å². The number of nitriles is 1.